The number of aliphatic hydroxyl groups excluding tert-OH is 1. The number of hydrogen-bond acceptors (Lipinski definition) is 6. The number of allylic oxidation sites excluding steroid dienone is 3. The number of aliphatic hydroxyl groups is 1. The lowest BCUT2D eigenvalue weighted by Gasteiger charge is -2.32. The van der Waals surface area contributed by atoms with E-state index in [-0.39, 0.29) is 30.0 Å². The molecule has 1 aromatic rings. The first-order valence-corrected chi connectivity index (χ1v) is 11.0. The van der Waals surface area contributed by atoms with E-state index in [1.54, 1.807) is 52.8 Å². The standard InChI is InChI=1S/C24H32BF3O6/c1-8-31-21(30)13-17-11-9-10-12-20(17)32-16(3)18(24(26,27)28)14-19(15(2)29)25-33-22(4,5)23(6,7)34-25/h9-12,14,16,29H,8,13H2,1-7H3/b18-14-,19-15-. The summed E-state index contributed by atoms with van der Waals surface area (Å²) in [7, 11) is -1.20. The summed E-state index contributed by atoms with van der Waals surface area (Å²) in [6.07, 6.45) is -5.59. The van der Waals surface area contributed by atoms with Crippen LogP contribution in [0, 0.1) is 0 Å². The third-order valence-electron chi connectivity index (χ3n) is 5.92. The summed E-state index contributed by atoms with van der Waals surface area (Å²) in [5.41, 5.74) is -2.41. The highest BCUT2D eigenvalue weighted by atomic mass is 19.4. The predicted octanol–water partition coefficient (Wildman–Crippen LogP) is 5.51. The zero-order valence-corrected chi connectivity index (χ0v) is 20.6. The van der Waals surface area contributed by atoms with Gasteiger partial charge in [0, 0.05) is 11.0 Å². The SMILES string of the molecule is CCOC(=O)Cc1ccccc1OC(C)/C(=C/C(B1OC(C)(C)C(C)(C)O1)=C(\C)O)C(F)(F)F. The van der Waals surface area contributed by atoms with Gasteiger partial charge in [0.15, 0.2) is 0 Å². The Bertz CT molecular complexity index is 932. The number of halogens is 3. The maximum Gasteiger partial charge on any atom is 0.498 e. The number of alkyl halides is 3. The van der Waals surface area contributed by atoms with Crippen LogP contribution in [-0.2, 0) is 25.3 Å². The number of carbonyl (C=O) groups is 1. The normalized spacial score (nSPS) is 19.5. The van der Waals surface area contributed by atoms with Crippen LogP contribution >= 0.6 is 0 Å². The minimum Gasteiger partial charge on any atom is -0.513 e. The summed E-state index contributed by atoms with van der Waals surface area (Å²) in [5.74, 6) is -0.755. The van der Waals surface area contributed by atoms with Gasteiger partial charge < -0.3 is 23.9 Å². The topological polar surface area (TPSA) is 74.2 Å². The van der Waals surface area contributed by atoms with Crippen LogP contribution in [0.1, 0.15) is 54.0 Å². The number of ether oxygens (including phenoxy) is 2. The molecule has 0 aliphatic carbocycles. The summed E-state index contributed by atoms with van der Waals surface area (Å²) < 4.78 is 64.5. The lowest BCUT2D eigenvalue weighted by atomic mass is 9.76. The van der Waals surface area contributed by atoms with Crippen LogP contribution in [0.3, 0.4) is 0 Å². The maximum atomic E-state index is 14.1. The molecule has 0 amide bonds. The van der Waals surface area contributed by atoms with Gasteiger partial charge in [0.05, 0.1) is 35.6 Å². The van der Waals surface area contributed by atoms with Crippen molar-refractivity contribution in [1.29, 1.82) is 0 Å². The van der Waals surface area contributed by atoms with E-state index in [4.69, 9.17) is 18.8 Å². The van der Waals surface area contributed by atoms with Gasteiger partial charge in [-0.1, -0.05) is 18.2 Å². The van der Waals surface area contributed by atoms with Crippen LogP contribution in [0.15, 0.2) is 47.1 Å². The molecule has 10 heteroatoms. The predicted molar refractivity (Wildman–Crippen MR) is 122 cm³/mol. The first-order chi connectivity index (χ1) is 15.6. The van der Waals surface area contributed by atoms with Crippen LogP contribution in [-0.4, -0.2) is 48.3 Å². The molecular weight excluding hydrogens is 452 g/mol. The second-order valence-corrected chi connectivity index (χ2v) is 9.08. The minimum atomic E-state index is -4.78. The van der Waals surface area contributed by atoms with Crippen molar-refractivity contribution in [3.05, 3.63) is 52.7 Å². The molecule has 0 aromatic heterocycles. The highest BCUT2D eigenvalue weighted by molar-refractivity contribution is 6.55. The van der Waals surface area contributed by atoms with E-state index in [1.807, 2.05) is 0 Å². The Morgan fingerprint density at radius 2 is 1.74 bits per heavy atom. The molecule has 1 aromatic carbocycles. The lowest BCUT2D eigenvalue weighted by molar-refractivity contribution is -0.142. The molecule has 1 fully saturated rings. The molecule has 1 N–H and O–H groups in total. The Kier molecular flexibility index (Phi) is 8.53. The second kappa shape index (κ2) is 10.4. The zero-order chi connectivity index (χ0) is 25.9. The van der Waals surface area contributed by atoms with Crippen molar-refractivity contribution >= 4 is 13.1 Å². The fourth-order valence-corrected chi connectivity index (χ4v) is 3.30. The van der Waals surface area contributed by atoms with Gasteiger partial charge in [-0.15, -0.1) is 0 Å². The maximum absolute atomic E-state index is 14.1. The van der Waals surface area contributed by atoms with E-state index in [9.17, 15) is 23.1 Å². The van der Waals surface area contributed by atoms with Crippen molar-refractivity contribution in [2.24, 2.45) is 0 Å². The van der Waals surface area contributed by atoms with Crippen molar-refractivity contribution in [2.75, 3.05) is 6.61 Å². The van der Waals surface area contributed by atoms with Crippen LogP contribution in [0.5, 0.6) is 5.75 Å². The molecule has 1 atom stereocenters. The molecule has 34 heavy (non-hydrogen) atoms. The van der Waals surface area contributed by atoms with Gasteiger partial charge in [0.1, 0.15) is 11.9 Å². The average molecular weight is 484 g/mol. The summed E-state index contributed by atoms with van der Waals surface area (Å²) in [6, 6.07) is 6.33. The first kappa shape index (κ1) is 27.8. The number of rotatable bonds is 8. The van der Waals surface area contributed by atoms with Crippen molar-refractivity contribution in [3.8, 4) is 5.75 Å². The Morgan fingerprint density at radius 3 is 2.24 bits per heavy atom. The van der Waals surface area contributed by atoms with Crippen molar-refractivity contribution in [3.63, 3.8) is 0 Å². The molecular formula is C24H32BF3O6. The zero-order valence-electron chi connectivity index (χ0n) is 20.6. The van der Waals surface area contributed by atoms with Gasteiger partial charge in [0.25, 0.3) is 0 Å². The molecule has 1 aliphatic heterocycles. The number of esters is 1. The van der Waals surface area contributed by atoms with Crippen molar-refractivity contribution < 1.29 is 41.9 Å². The molecule has 1 unspecified atom stereocenters. The second-order valence-electron chi connectivity index (χ2n) is 9.08. The monoisotopic (exact) mass is 484 g/mol. The summed E-state index contributed by atoms with van der Waals surface area (Å²) >= 11 is 0. The molecule has 0 bridgehead atoms. The smallest absolute Gasteiger partial charge is 0.498 e. The lowest BCUT2D eigenvalue weighted by Crippen LogP contribution is -2.41. The van der Waals surface area contributed by atoms with E-state index in [0.717, 1.165) is 6.08 Å². The molecule has 1 heterocycles. The molecule has 1 saturated heterocycles. The van der Waals surface area contributed by atoms with Crippen LogP contribution in [0.2, 0.25) is 0 Å². The van der Waals surface area contributed by atoms with Crippen LogP contribution < -0.4 is 4.74 Å². The van der Waals surface area contributed by atoms with Crippen molar-refractivity contribution in [1.82, 2.24) is 0 Å². The number of benzene rings is 1. The summed E-state index contributed by atoms with van der Waals surface area (Å²) in [5, 5.41) is 10.2. The quantitative estimate of drug-likeness (QED) is 0.227. The highest BCUT2D eigenvalue weighted by Gasteiger charge is 2.53. The molecule has 188 valence electrons. The van der Waals surface area contributed by atoms with Gasteiger partial charge >= 0.3 is 19.3 Å². The highest BCUT2D eigenvalue weighted by Crippen LogP contribution is 2.40. The summed E-state index contributed by atoms with van der Waals surface area (Å²) in [4.78, 5) is 11.9. The fraction of sp³-hybridized carbons (Fsp3) is 0.542. The molecule has 0 saturated carbocycles. The van der Waals surface area contributed by atoms with Gasteiger partial charge in [-0.2, -0.15) is 13.2 Å². The van der Waals surface area contributed by atoms with Gasteiger partial charge in [-0.05, 0) is 60.6 Å². The third kappa shape index (κ3) is 6.57. The molecule has 6 nitrogen and oxygen atoms in total. The van der Waals surface area contributed by atoms with E-state index in [2.05, 4.69) is 0 Å². The van der Waals surface area contributed by atoms with Crippen molar-refractivity contribution in [2.45, 2.75) is 78.4 Å². The Labute approximate surface area is 198 Å². The van der Waals surface area contributed by atoms with Gasteiger partial charge in [-0.25, -0.2) is 0 Å². The molecule has 0 radical (unpaired) electrons. The largest absolute Gasteiger partial charge is 0.513 e. The van der Waals surface area contributed by atoms with Crippen LogP contribution in [0.4, 0.5) is 13.2 Å². The molecule has 0 spiro atoms. The number of carbonyl (C=O) groups excluding carboxylic acids is 1. The van der Waals surface area contributed by atoms with E-state index in [1.165, 1.54) is 19.9 Å². The minimum absolute atomic E-state index is 0.125. The van der Waals surface area contributed by atoms with E-state index >= 15 is 0 Å². The van der Waals surface area contributed by atoms with E-state index < -0.39 is 42.1 Å². The average Bonchev–Trinajstić information content (AvgIpc) is 2.89. The van der Waals surface area contributed by atoms with E-state index in [0.29, 0.717) is 5.56 Å². The Morgan fingerprint density at radius 1 is 1.18 bits per heavy atom. The first-order valence-electron chi connectivity index (χ1n) is 11.0. The van der Waals surface area contributed by atoms with Crippen LogP contribution in [0.25, 0.3) is 0 Å². The number of para-hydroxylation sites is 1. The molecule has 2 rings (SSSR count). The molecule has 1 aliphatic rings. The number of hydrogen-bond donors (Lipinski definition) is 1. The fourth-order valence-electron chi connectivity index (χ4n) is 3.30. The van der Waals surface area contributed by atoms with Gasteiger partial charge in [-0.3, -0.25) is 4.79 Å². The Balaban J connectivity index is 2.40. The Hall–Kier alpha value is -2.46. The summed E-state index contributed by atoms with van der Waals surface area (Å²) in [6.45, 7) is 11.4. The van der Waals surface area contributed by atoms with Gasteiger partial charge in [0.2, 0.25) is 0 Å². The third-order valence-corrected chi connectivity index (χ3v) is 5.92.